The minimum Gasteiger partial charge on any atom is -0.497 e. The predicted molar refractivity (Wildman–Crippen MR) is 559 cm³/mol. The van der Waals surface area contributed by atoms with Crippen LogP contribution in [0.1, 0.15) is 132 Å². The Labute approximate surface area is 823 Å². The van der Waals surface area contributed by atoms with Gasteiger partial charge in [-0.2, -0.15) is 18.2 Å². The normalized spacial score (nSPS) is 10.5. The second-order valence-electron chi connectivity index (χ2n) is 32.2. The highest BCUT2D eigenvalue weighted by molar-refractivity contribution is 6.14. The van der Waals surface area contributed by atoms with Crippen molar-refractivity contribution < 1.29 is 65.6 Å². The molecule has 0 atom stereocenters. The van der Waals surface area contributed by atoms with E-state index >= 15 is 0 Å². The molecule has 17 aromatic rings. The molecule has 0 aliphatic heterocycles. The zero-order valence-corrected chi connectivity index (χ0v) is 80.5. The van der Waals surface area contributed by atoms with Gasteiger partial charge in [0, 0.05) is 102 Å². The summed E-state index contributed by atoms with van der Waals surface area (Å²) in [6.45, 7) is 13.6. The summed E-state index contributed by atoms with van der Waals surface area (Å²) in [5.74, 6) is 3.08. The van der Waals surface area contributed by atoms with Crippen molar-refractivity contribution in [3.05, 3.63) is 459 Å². The number of carbonyl (C=O) groups is 6. The third kappa shape index (κ3) is 27.9. The summed E-state index contributed by atoms with van der Waals surface area (Å²) in [7, 11) is 7.84. The van der Waals surface area contributed by atoms with Crippen molar-refractivity contribution >= 4 is 70.0 Å². The number of rotatable bonds is 24. The minimum absolute atomic E-state index is 0.0158. The van der Waals surface area contributed by atoms with E-state index < -0.39 is 17.5 Å². The molecule has 8 N–H and O–H groups in total. The number of para-hydroxylation sites is 1. The largest absolute Gasteiger partial charge is 0.497 e. The van der Waals surface area contributed by atoms with Gasteiger partial charge in [0.1, 0.15) is 34.7 Å². The van der Waals surface area contributed by atoms with Gasteiger partial charge in [-0.3, -0.25) is 28.8 Å². The lowest BCUT2D eigenvalue weighted by molar-refractivity contribution is -0.137. The quantitative estimate of drug-likeness (QED) is 0.0306. The van der Waals surface area contributed by atoms with Gasteiger partial charge in [-0.15, -0.1) is 0 Å². The number of aryl methyl sites for hydroxylation is 5. The van der Waals surface area contributed by atoms with Crippen molar-refractivity contribution in [3.8, 4) is 84.4 Å². The van der Waals surface area contributed by atoms with E-state index in [2.05, 4.69) is 53.3 Å². The van der Waals surface area contributed by atoms with E-state index in [1.807, 2.05) is 261 Å². The number of carbonyl (C=O) groups excluding carboxylic acids is 6. The molecule has 0 saturated heterocycles. The number of hydrogen-bond acceptors (Lipinski definition) is 17. The van der Waals surface area contributed by atoms with Crippen molar-refractivity contribution in [1.82, 2.24) is 19.9 Å². The smallest absolute Gasteiger partial charge is 0.417 e. The van der Waals surface area contributed by atoms with Crippen LogP contribution >= 0.6 is 0 Å². The van der Waals surface area contributed by atoms with E-state index in [9.17, 15) is 41.9 Å². The van der Waals surface area contributed by atoms with E-state index in [1.165, 1.54) is 26.4 Å². The Morgan fingerprint density at radius 3 is 1.27 bits per heavy atom. The van der Waals surface area contributed by atoms with E-state index in [0.29, 0.717) is 103 Å². The van der Waals surface area contributed by atoms with Crippen LogP contribution in [-0.4, -0.2) is 90.7 Å². The number of hydrogen-bond donors (Lipinski definition) is 6. The average Bonchev–Trinajstić information content (AvgIpc) is 0.781. The van der Waals surface area contributed by atoms with Crippen molar-refractivity contribution in [1.29, 1.82) is 0 Å². The van der Waals surface area contributed by atoms with Crippen LogP contribution in [0, 0.1) is 34.6 Å². The van der Waals surface area contributed by atoms with Crippen molar-refractivity contribution in [3.63, 3.8) is 0 Å². The number of aromatic nitrogens is 4. The molecular formula is C118H107F3N10O11. The first-order valence-corrected chi connectivity index (χ1v) is 45.3. The minimum atomic E-state index is -4.63. The first-order chi connectivity index (χ1) is 68.6. The second kappa shape index (κ2) is 49.7. The van der Waals surface area contributed by atoms with Crippen LogP contribution in [0.5, 0.6) is 28.7 Å². The van der Waals surface area contributed by atoms with E-state index in [-0.39, 0.29) is 52.1 Å². The number of anilines is 6. The Bertz CT molecular complexity index is 7160. The lowest BCUT2D eigenvalue weighted by atomic mass is 9.92. The molecule has 0 bridgehead atoms. The Kier molecular flexibility index (Phi) is 36.1. The number of pyridine rings is 2. The lowest BCUT2D eigenvalue weighted by Crippen LogP contribution is -2.15. The molecule has 142 heavy (non-hydrogen) atoms. The standard InChI is InChI=1S/C29H23F3O3.C27H27N5O3.C20H18N4O2.C20H17NO.C20H16O2.C2H6/c1-18-8-10-19(11-9-18)22-14-12-21(17-25(22)29(30,31)32)28(33)20-13-15-27(35-3)24(16-20)23-6-4-5-7-26(23)34-2;1-16-7-9-18(10-8-16)26(33)31-21-6-4-5-19(14-21)22-12-17(13-23(34-2)24(22)35-3)11-20-15-30-27(29)32-25(20)28;1-13-5-3-7-17(21-13)23-19(25)15-9-11-16(12-10-15)20(26)24-18-8-4-6-14(2)22-18;1-15-10-12-17(13-11-15)20(22)21-19-9-5-8-18(14-19)16-6-3-2-4-7-16;1-22-17-13-11-16(12-14-17)20(21)19-10-6-5-9-18(19)15-7-3-2-4-8-15;1-2/h4-17H,1-3H3;4-10,12-15H,11H2,1-3H3,(H,31,33)(H4,28,29,30,32);3-12H,1-2H3,(H,21,23,25)(H,22,24,26);2-14H,1H3,(H,21,22);2-14H,1H3;1-2H3. The highest BCUT2D eigenvalue weighted by atomic mass is 19.4. The molecule has 0 saturated carbocycles. The van der Waals surface area contributed by atoms with Gasteiger partial charge in [-0.05, 0) is 243 Å². The summed E-state index contributed by atoms with van der Waals surface area (Å²) in [5.41, 5.74) is 30.1. The zero-order chi connectivity index (χ0) is 101. The van der Waals surface area contributed by atoms with E-state index in [0.717, 1.165) is 90.1 Å². The van der Waals surface area contributed by atoms with Gasteiger partial charge in [0.15, 0.2) is 23.1 Å². The molecule has 0 fully saturated rings. The molecule has 3 heterocycles. The Hall–Kier alpha value is -17.9. The number of amides is 4. The fourth-order valence-electron chi connectivity index (χ4n) is 14.9. The molecule has 4 amide bonds. The molecule has 24 heteroatoms. The fourth-order valence-corrected chi connectivity index (χ4v) is 14.9. The lowest BCUT2D eigenvalue weighted by Gasteiger charge is -2.16. The molecular weight excluding hydrogens is 1790 g/mol. The molecule has 0 aliphatic rings. The van der Waals surface area contributed by atoms with Crippen LogP contribution < -0.4 is 56.4 Å². The maximum Gasteiger partial charge on any atom is 0.417 e. The molecule has 0 unspecified atom stereocenters. The van der Waals surface area contributed by atoms with Crippen molar-refractivity contribution in [2.75, 3.05) is 68.3 Å². The molecule has 21 nitrogen and oxygen atoms in total. The maximum atomic E-state index is 14.0. The Morgan fingerprint density at radius 2 is 0.754 bits per heavy atom. The van der Waals surface area contributed by atoms with Crippen molar-refractivity contribution in [2.24, 2.45) is 0 Å². The number of benzene rings is 14. The summed E-state index contributed by atoms with van der Waals surface area (Å²) in [6, 6.07) is 109. The van der Waals surface area contributed by atoms with Crippen LogP contribution in [-0.2, 0) is 12.6 Å². The number of halogens is 3. The van der Waals surface area contributed by atoms with Gasteiger partial charge in [0.2, 0.25) is 5.95 Å². The summed E-state index contributed by atoms with van der Waals surface area (Å²) < 4.78 is 69.3. The van der Waals surface area contributed by atoms with Crippen LogP contribution in [0.25, 0.3) is 55.6 Å². The number of nitrogens with one attached hydrogen (secondary N) is 4. The average molecular weight is 1900 g/mol. The monoisotopic (exact) mass is 1900 g/mol. The van der Waals surface area contributed by atoms with Crippen LogP contribution in [0.15, 0.2) is 370 Å². The second-order valence-corrected chi connectivity index (χ2v) is 32.2. The molecule has 0 spiro atoms. The number of ketones is 2. The zero-order valence-electron chi connectivity index (χ0n) is 80.5. The summed E-state index contributed by atoms with van der Waals surface area (Å²) in [5, 5.41) is 11.4. The number of nitrogens with zero attached hydrogens (tertiary/aromatic N) is 4. The third-order valence-corrected chi connectivity index (χ3v) is 22.2. The first kappa shape index (κ1) is 103. The number of ether oxygens (including phenoxy) is 5. The van der Waals surface area contributed by atoms with E-state index in [1.54, 1.807) is 149 Å². The fraction of sp³-hybridized carbons (Fsp3) is 0.119. The maximum absolute atomic E-state index is 14.0. The molecule has 0 radical (unpaired) electrons. The number of alkyl halides is 3. The molecule has 3 aromatic heterocycles. The number of nitrogen functional groups attached to an aromatic ring is 2. The SMILES string of the molecule is CC.COc1cc(Cc2cnc(N)nc2N)cc(-c2cccc(NC(=O)c3ccc(C)cc3)c2)c1OC.COc1ccc(C(=O)c2ccccc2-c2ccccc2)cc1.COc1ccccc1-c1cc(C(=O)c2ccc(-c3ccc(C)cc3)c(C(F)(F)F)c2)ccc1OC.Cc1ccc(C(=O)Nc2cccc(-c3ccccc3)c2)cc1.Cc1cccc(NC(=O)c2ccc(C(=O)Nc3cccc(C)n3)cc2)n1. The Balaban J connectivity index is 0.000000160. The van der Waals surface area contributed by atoms with Crippen LogP contribution in [0.2, 0.25) is 0 Å². The Morgan fingerprint density at radius 1 is 0.324 bits per heavy atom. The molecule has 716 valence electrons. The highest BCUT2D eigenvalue weighted by Crippen LogP contribution is 2.43. The molecule has 0 aliphatic carbocycles. The van der Waals surface area contributed by atoms with Gasteiger partial charge in [-0.1, -0.05) is 231 Å². The van der Waals surface area contributed by atoms with Gasteiger partial charge in [0.05, 0.1) is 41.1 Å². The highest BCUT2D eigenvalue weighted by Gasteiger charge is 2.35. The molecule has 17 rings (SSSR count). The van der Waals surface area contributed by atoms with E-state index in [4.69, 9.17) is 35.2 Å². The number of methoxy groups -OCH3 is 5. The topological polar surface area (TPSA) is 300 Å². The van der Waals surface area contributed by atoms with Crippen LogP contribution in [0.4, 0.5) is 47.9 Å². The summed E-state index contributed by atoms with van der Waals surface area (Å²) >= 11 is 0. The first-order valence-electron chi connectivity index (χ1n) is 45.3. The van der Waals surface area contributed by atoms with Gasteiger partial charge >= 0.3 is 6.18 Å². The third-order valence-electron chi connectivity index (χ3n) is 22.2. The molecule has 14 aromatic carbocycles. The predicted octanol–water partition coefficient (Wildman–Crippen LogP) is 26.2. The number of nitrogens with two attached hydrogens (primary N) is 2. The van der Waals surface area contributed by atoms with Gasteiger partial charge in [0.25, 0.3) is 23.6 Å². The van der Waals surface area contributed by atoms with Crippen molar-refractivity contribution in [2.45, 2.75) is 61.1 Å². The van der Waals surface area contributed by atoms with Gasteiger partial charge < -0.3 is 56.4 Å². The van der Waals surface area contributed by atoms with Gasteiger partial charge in [-0.25, -0.2) is 15.0 Å². The summed E-state index contributed by atoms with van der Waals surface area (Å²) in [4.78, 5) is 92.2. The van der Waals surface area contributed by atoms with Crippen LogP contribution in [0.3, 0.4) is 0 Å². The summed E-state index contributed by atoms with van der Waals surface area (Å²) in [6.07, 6.45) is -2.53.